The molecule has 0 unspecified atom stereocenters. The van der Waals surface area contributed by atoms with Crippen molar-refractivity contribution < 1.29 is 5.11 Å². The van der Waals surface area contributed by atoms with E-state index in [-0.39, 0.29) is 5.75 Å². The van der Waals surface area contributed by atoms with Crippen LogP contribution in [0.25, 0.3) is 31.6 Å². The Labute approximate surface area is 184 Å². The molecule has 0 aliphatic heterocycles. The lowest BCUT2D eigenvalue weighted by atomic mass is 10.0. The van der Waals surface area contributed by atoms with Crippen LogP contribution >= 0.6 is 11.3 Å². The summed E-state index contributed by atoms with van der Waals surface area (Å²) in [5, 5.41) is 22.0. The van der Waals surface area contributed by atoms with Crippen molar-refractivity contribution >= 4 is 43.7 Å². The minimum Gasteiger partial charge on any atom is -0.505 e. The zero-order valence-electron chi connectivity index (χ0n) is 17.5. The Morgan fingerprint density at radius 2 is 1.55 bits per heavy atom. The molecule has 0 spiro atoms. The molecule has 1 heterocycles. The largest absolute Gasteiger partial charge is 0.505 e. The lowest BCUT2D eigenvalue weighted by Crippen LogP contribution is -1.80. The van der Waals surface area contributed by atoms with Crippen molar-refractivity contribution in [3.63, 3.8) is 0 Å². The van der Waals surface area contributed by atoms with Crippen LogP contribution in [0.1, 0.15) is 16.7 Å². The normalized spacial score (nSPS) is 11.7. The Bertz CT molecular complexity index is 1470. The third-order valence-corrected chi connectivity index (χ3v) is 6.91. The van der Waals surface area contributed by atoms with Crippen LogP contribution in [-0.4, -0.2) is 10.1 Å². The Hall–Kier alpha value is -3.57. The van der Waals surface area contributed by atoms with Gasteiger partial charge in [-0.2, -0.15) is 5.11 Å². The first-order valence-electron chi connectivity index (χ1n) is 10.1. The van der Waals surface area contributed by atoms with Gasteiger partial charge in [0.1, 0.15) is 10.7 Å². The summed E-state index contributed by atoms with van der Waals surface area (Å²) >= 11 is 1.71. The molecule has 0 radical (unpaired) electrons. The molecule has 1 aromatic heterocycles. The minimum atomic E-state index is 0.154. The zero-order chi connectivity index (χ0) is 21.5. The van der Waals surface area contributed by atoms with Gasteiger partial charge < -0.3 is 5.11 Å². The molecule has 4 aromatic carbocycles. The number of phenols is 1. The van der Waals surface area contributed by atoms with Crippen molar-refractivity contribution in [2.45, 2.75) is 20.8 Å². The first-order chi connectivity index (χ1) is 15.0. The van der Waals surface area contributed by atoms with E-state index in [0.29, 0.717) is 5.69 Å². The maximum absolute atomic E-state index is 10.6. The van der Waals surface area contributed by atoms with Crippen molar-refractivity contribution in [2.24, 2.45) is 10.2 Å². The first kappa shape index (κ1) is 19.4. The van der Waals surface area contributed by atoms with Gasteiger partial charge in [0.25, 0.3) is 0 Å². The quantitative estimate of drug-likeness (QED) is 0.298. The zero-order valence-corrected chi connectivity index (χ0v) is 18.4. The standard InChI is InChI=1S/C26H21N3OS/c1-15-8-13-22-25(17(15)3)31-26(27-22)18-9-11-19(12-10-18)28-29-23-14-16(2)20-6-4-5-7-21(20)24(23)30/h4-14,30H,1-3H3/b29-28+. The third-order valence-electron chi connectivity index (χ3n) is 5.67. The molecule has 1 N–H and O–H groups in total. The van der Waals surface area contributed by atoms with E-state index in [2.05, 4.69) is 36.2 Å². The first-order valence-corrected chi connectivity index (χ1v) is 10.9. The van der Waals surface area contributed by atoms with Gasteiger partial charge in [-0.05, 0) is 79.2 Å². The summed E-state index contributed by atoms with van der Waals surface area (Å²) in [6.07, 6.45) is 0. The molecule has 31 heavy (non-hydrogen) atoms. The average Bonchev–Trinajstić information content (AvgIpc) is 3.23. The summed E-state index contributed by atoms with van der Waals surface area (Å²) in [4.78, 5) is 4.79. The minimum absolute atomic E-state index is 0.154. The highest BCUT2D eigenvalue weighted by Gasteiger charge is 2.10. The van der Waals surface area contributed by atoms with Crippen LogP contribution in [0.3, 0.4) is 0 Å². The number of rotatable bonds is 3. The van der Waals surface area contributed by atoms with Crippen LogP contribution in [0, 0.1) is 20.8 Å². The highest BCUT2D eigenvalue weighted by Crippen LogP contribution is 2.38. The fourth-order valence-corrected chi connectivity index (χ4v) is 4.85. The van der Waals surface area contributed by atoms with Crippen LogP contribution in [0.2, 0.25) is 0 Å². The van der Waals surface area contributed by atoms with Gasteiger partial charge in [0.15, 0.2) is 5.75 Å². The van der Waals surface area contributed by atoms with Crippen molar-refractivity contribution in [1.82, 2.24) is 4.98 Å². The number of fused-ring (bicyclic) bond motifs is 2. The Balaban J connectivity index is 1.45. The van der Waals surface area contributed by atoms with Crippen molar-refractivity contribution in [2.75, 3.05) is 0 Å². The Morgan fingerprint density at radius 3 is 2.32 bits per heavy atom. The molecule has 0 aliphatic carbocycles. The van der Waals surface area contributed by atoms with Crippen LogP contribution in [-0.2, 0) is 0 Å². The molecule has 0 atom stereocenters. The molecule has 5 aromatic rings. The van der Waals surface area contributed by atoms with Crippen molar-refractivity contribution in [1.29, 1.82) is 0 Å². The lowest BCUT2D eigenvalue weighted by molar-refractivity contribution is 0.482. The summed E-state index contributed by atoms with van der Waals surface area (Å²) in [5.41, 5.74) is 6.91. The van der Waals surface area contributed by atoms with E-state index >= 15 is 0 Å². The third kappa shape index (κ3) is 3.47. The van der Waals surface area contributed by atoms with Crippen LogP contribution in [0.5, 0.6) is 5.75 Å². The number of phenolic OH excluding ortho intramolecular Hbond substituents is 1. The van der Waals surface area contributed by atoms with E-state index in [1.807, 2.05) is 61.5 Å². The molecule has 0 saturated carbocycles. The molecule has 4 nitrogen and oxygen atoms in total. The molecule has 5 heteroatoms. The maximum Gasteiger partial charge on any atom is 0.150 e. The summed E-state index contributed by atoms with van der Waals surface area (Å²) in [7, 11) is 0. The predicted octanol–water partition coefficient (Wildman–Crippen LogP) is 8.16. The number of hydrogen-bond acceptors (Lipinski definition) is 5. The monoisotopic (exact) mass is 423 g/mol. The topological polar surface area (TPSA) is 57.8 Å². The molecular weight excluding hydrogens is 402 g/mol. The van der Waals surface area contributed by atoms with E-state index in [4.69, 9.17) is 4.98 Å². The summed E-state index contributed by atoms with van der Waals surface area (Å²) in [5.74, 6) is 0.154. The molecule has 152 valence electrons. The fraction of sp³-hybridized carbons (Fsp3) is 0.115. The molecule has 0 fully saturated rings. The van der Waals surface area contributed by atoms with E-state index in [1.165, 1.54) is 15.8 Å². The van der Waals surface area contributed by atoms with Gasteiger partial charge in [0.2, 0.25) is 0 Å². The number of aromatic hydroxyl groups is 1. The van der Waals surface area contributed by atoms with Gasteiger partial charge in [-0.3, -0.25) is 0 Å². The second-order valence-electron chi connectivity index (χ2n) is 7.73. The number of azo groups is 1. The number of benzene rings is 4. The van der Waals surface area contributed by atoms with Crippen LogP contribution in [0.15, 0.2) is 77.0 Å². The highest BCUT2D eigenvalue weighted by molar-refractivity contribution is 7.21. The van der Waals surface area contributed by atoms with E-state index in [9.17, 15) is 5.11 Å². The molecule has 0 bridgehead atoms. The number of aromatic nitrogens is 1. The van der Waals surface area contributed by atoms with Gasteiger partial charge in [-0.1, -0.05) is 30.3 Å². The number of hydrogen-bond donors (Lipinski definition) is 1. The average molecular weight is 424 g/mol. The van der Waals surface area contributed by atoms with Gasteiger partial charge in [0.05, 0.1) is 15.9 Å². The predicted molar refractivity (Wildman–Crippen MR) is 129 cm³/mol. The second kappa shape index (κ2) is 7.60. The van der Waals surface area contributed by atoms with Crippen LogP contribution < -0.4 is 0 Å². The summed E-state index contributed by atoms with van der Waals surface area (Å²) in [6, 6.07) is 21.7. The lowest BCUT2D eigenvalue weighted by Gasteiger charge is -2.07. The maximum atomic E-state index is 10.6. The molecule has 5 rings (SSSR count). The number of thiazole rings is 1. The van der Waals surface area contributed by atoms with Crippen molar-refractivity contribution in [3.05, 3.63) is 83.4 Å². The second-order valence-corrected chi connectivity index (χ2v) is 8.73. The van der Waals surface area contributed by atoms with E-state index < -0.39 is 0 Å². The van der Waals surface area contributed by atoms with Gasteiger partial charge >= 0.3 is 0 Å². The SMILES string of the molecule is Cc1ccc2nc(-c3ccc(/N=N/c4cc(C)c5ccccc5c4O)cc3)sc2c1C. The molecule has 0 amide bonds. The van der Waals surface area contributed by atoms with Gasteiger partial charge in [0, 0.05) is 10.9 Å². The summed E-state index contributed by atoms with van der Waals surface area (Å²) < 4.78 is 1.24. The smallest absolute Gasteiger partial charge is 0.150 e. The number of aryl methyl sites for hydroxylation is 3. The Morgan fingerprint density at radius 1 is 0.806 bits per heavy atom. The molecule has 0 saturated heterocycles. The van der Waals surface area contributed by atoms with Crippen LogP contribution in [0.4, 0.5) is 11.4 Å². The fourth-order valence-electron chi connectivity index (χ4n) is 3.73. The summed E-state index contributed by atoms with van der Waals surface area (Å²) in [6.45, 7) is 6.28. The van der Waals surface area contributed by atoms with E-state index in [0.717, 1.165) is 38.1 Å². The van der Waals surface area contributed by atoms with Gasteiger partial charge in [-0.25, -0.2) is 4.98 Å². The van der Waals surface area contributed by atoms with Gasteiger partial charge in [-0.15, -0.1) is 16.5 Å². The van der Waals surface area contributed by atoms with Crippen molar-refractivity contribution in [3.8, 4) is 16.3 Å². The van der Waals surface area contributed by atoms with E-state index in [1.54, 1.807) is 11.3 Å². The Kier molecular flexibility index (Phi) is 4.75. The molecular formula is C26H21N3OS. The number of nitrogens with zero attached hydrogens (tertiary/aromatic N) is 3. The highest BCUT2D eigenvalue weighted by atomic mass is 32.1. The molecule has 0 aliphatic rings.